The second-order valence-electron chi connectivity index (χ2n) is 5.12. The number of nitrogens with zero attached hydrogens (tertiary/aromatic N) is 4. The summed E-state index contributed by atoms with van der Waals surface area (Å²) in [5, 5.41) is 3.71. The summed E-state index contributed by atoms with van der Waals surface area (Å²) in [4.78, 5) is 16.0. The molecule has 0 aliphatic carbocycles. The maximum Gasteiger partial charge on any atom is 0.417 e. The van der Waals surface area contributed by atoms with Gasteiger partial charge in [0.2, 0.25) is 0 Å². The Hall–Kier alpha value is -1.83. The molecular formula is C13H12ClF3N4O. The Morgan fingerprint density at radius 1 is 1.32 bits per heavy atom. The third-order valence-electron chi connectivity index (χ3n) is 3.56. The summed E-state index contributed by atoms with van der Waals surface area (Å²) in [6, 6.07) is 0.854. The SMILES string of the molecule is O=c1n(Cc2cc(C(F)(F)F)c(Cl)cn2)nc2n1CCCC2. The topological polar surface area (TPSA) is 52.7 Å². The summed E-state index contributed by atoms with van der Waals surface area (Å²) in [6.45, 7) is 0.481. The molecule has 1 aliphatic heterocycles. The number of pyridine rings is 1. The fraction of sp³-hybridized carbons (Fsp3) is 0.462. The number of hydrogen-bond donors (Lipinski definition) is 0. The zero-order valence-corrected chi connectivity index (χ0v) is 12.2. The molecular weight excluding hydrogens is 321 g/mol. The van der Waals surface area contributed by atoms with Crippen LogP contribution in [0.15, 0.2) is 17.1 Å². The second kappa shape index (κ2) is 5.42. The summed E-state index contributed by atoms with van der Waals surface area (Å²) in [5.74, 6) is 0.668. The number of fused-ring (bicyclic) bond motifs is 1. The maximum atomic E-state index is 12.8. The van der Waals surface area contributed by atoms with E-state index in [1.54, 1.807) is 4.57 Å². The molecule has 0 N–H and O–H groups in total. The molecule has 0 fully saturated rings. The van der Waals surface area contributed by atoms with Crippen LogP contribution >= 0.6 is 11.6 Å². The molecule has 5 nitrogen and oxygen atoms in total. The van der Waals surface area contributed by atoms with Gasteiger partial charge in [-0.1, -0.05) is 11.6 Å². The third-order valence-corrected chi connectivity index (χ3v) is 3.86. The maximum absolute atomic E-state index is 12.8. The number of aromatic nitrogens is 4. The molecule has 0 amide bonds. The van der Waals surface area contributed by atoms with E-state index in [4.69, 9.17) is 11.6 Å². The van der Waals surface area contributed by atoms with Gasteiger partial charge in [0.05, 0.1) is 22.8 Å². The van der Waals surface area contributed by atoms with Crippen molar-refractivity contribution in [1.82, 2.24) is 19.3 Å². The highest BCUT2D eigenvalue weighted by Crippen LogP contribution is 2.34. The molecule has 0 radical (unpaired) electrons. The molecule has 0 aromatic carbocycles. The Morgan fingerprint density at radius 2 is 2.09 bits per heavy atom. The quantitative estimate of drug-likeness (QED) is 0.849. The zero-order valence-electron chi connectivity index (χ0n) is 11.4. The van der Waals surface area contributed by atoms with Crippen molar-refractivity contribution in [3.05, 3.63) is 44.9 Å². The Bertz CT molecular complexity index is 766. The van der Waals surface area contributed by atoms with E-state index in [1.165, 1.54) is 0 Å². The first kappa shape index (κ1) is 15.1. The highest BCUT2D eigenvalue weighted by Gasteiger charge is 2.33. The van der Waals surface area contributed by atoms with Crippen molar-refractivity contribution in [2.45, 2.75) is 38.5 Å². The number of aryl methyl sites for hydroxylation is 1. The molecule has 3 rings (SSSR count). The Labute approximate surface area is 128 Å². The summed E-state index contributed by atoms with van der Waals surface area (Å²) >= 11 is 5.53. The Balaban J connectivity index is 1.94. The van der Waals surface area contributed by atoms with Gasteiger partial charge in [0.15, 0.2) is 0 Å². The largest absolute Gasteiger partial charge is 0.417 e. The molecule has 0 saturated heterocycles. The first-order valence-corrected chi connectivity index (χ1v) is 7.12. The van der Waals surface area contributed by atoms with E-state index >= 15 is 0 Å². The van der Waals surface area contributed by atoms with Gasteiger partial charge >= 0.3 is 11.9 Å². The summed E-state index contributed by atoms with van der Waals surface area (Å²) < 4.78 is 41.2. The number of hydrogen-bond acceptors (Lipinski definition) is 3. The van der Waals surface area contributed by atoms with E-state index in [0.717, 1.165) is 29.8 Å². The Kier molecular flexibility index (Phi) is 3.72. The Morgan fingerprint density at radius 3 is 2.77 bits per heavy atom. The average Bonchev–Trinajstić information content (AvgIpc) is 2.77. The molecule has 0 atom stereocenters. The fourth-order valence-electron chi connectivity index (χ4n) is 2.49. The van der Waals surface area contributed by atoms with Gasteiger partial charge in [0.1, 0.15) is 5.82 Å². The lowest BCUT2D eigenvalue weighted by Crippen LogP contribution is -2.27. The summed E-state index contributed by atoms with van der Waals surface area (Å²) in [5.41, 5.74) is -1.19. The predicted octanol–water partition coefficient (Wildman–Crippen LogP) is 2.50. The van der Waals surface area contributed by atoms with E-state index in [0.29, 0.717) is 18.8 Å². The van der Waals surface area contributed by atoms with Gasteiger partial charge in [-0.25, -0.2) is 9.48 Å². The van der Waals surface area contributed by atoms with Crippen LogP contribution in [0.4, 0.5) is 13.2 Å². The van der Waals surface area contributed by atoms with Crippen LogP contribution in [0.3, 0.4) is 0 Å². The van der Waals surface area contributed by atoms with E-state index < -0.39 is 16.8 Å². The van der Waals surface area contributed by atoms with Crippen molar-refractivity contribution in [3.63, 3.8) is 0 Å². The standard InChI is InChI=1S/C13H12ClF3N4O/c14-10-6-18-8(5-9(10)13(15,16)17)7-21-12(22)20-4-2-1-3-11(20)19-21/h5-6H,1-4,7H2. The molecule has 0 bridgehead atoms. The lowest BCUT2D eigenvalue weighted by Gasteiger charge is -2.10. The van der Waals surface area contributed by atoms with Gasteiger partial charge in [-0.2, -0.15) is 18.3 Å². The van der Waals surface area contributed by atoms with Crippen LogP contribution < -0.4 is 5.69 Å². The molecule has 0 unspecified atom stereocenters. The van der Waals surface area contributed by atoms with Crippen molar-refractivity contribution in [2.75, 3.05) is 0 Å². The van der Waals surface area contributed by atoms with Crippen LogP contribution in [0.25, 0.3) is 0 Å². The molecule has 22 heavy (non-hydrogen) atoms. The van der Waals surface area contributed by atoms with Gasteiger partial charge < -0.3 is 0 Å². The molecule has 118 valence electrons. The van der Waals surface area contributed by atoms with Crippen LogP contribution in [0, 0.1) is 0 Å². The highest BCUT2D eigenvalue weighted by molar-refractivity contribution is 6.31. The zero-order chi connectivity index (χ0) is 15.9. The predicted molar refractivity (Wildman–Crippen MR) is 72.8 cm³/mol. The van der Waals surface area contributed by atoms with Gasteiger partial charge in [-0.15, -0.1) is 0 Å². The summed E-state index contributed by atoms with van der Waals surface area (Å²) in [7, 11) is 0. The lowest BCUT2D eigenvalue weighted by atomic mass is 10.2. The first-order valence-electron chi connectivity index (χ1n) is 6.74. The minimum atomic E-state index is -4.56. The number of halogens is 4. The molecule has 3 heterocycles. The van der Waals surface area contributed by atoms with Gasteiger partial charge in [0.25, 0.3) is 0 Å². The van der Waals surface area contributed by atoms with Crippen molar-refractivity contribution in [1.29, 1.82) is 0 Å². The monoisotopic (exact) mass is 332 g/mol. The van der Waals surface area contributed by atoms with Crippen LogP contribution in [0.1, 0.15) is 29.9 Å². The third kappa shape index (κ3) is 2.75. The smallest absolute Gasteiger partial charge is 0.279 e. The van der Waals surface area contributed by atoms with Crippen molar-refractivity contribution in [3.8, 4) is 0 Å². The van der Waals surface area contributed by atoms with Crippen molar-refractivity contribution < 1.29 is 13.2 Å². The average molecular weight is 333 g/mol. The van der Waals surface area contributed by atoms with Crippen LogP contribution in [-0.4, -0.2) is 19.3 Å². The van der Waals surface area contributed by atoms with Crippen LogP contribution in [-0.2, 0) is 25.7 Å². The fourth-order valence-corrected chi connectivity index (χ4v) is 2.70. The van der Waals surface area contributed by atoms with Gasteiger partial charge in [0, 0.05) is 19.2 Å². The van der Waals surface area contributed by atoms with Crippen LogP contribution in [0.5, 0.6) is 0 Å². The lowest BCUT2D eigenvalue weighted by molar-refractivity contribution is -0.137. The molecule has 9 heteroatoms. The number of rotatable bonds is 2. The normalized spacial score (nSPS) is 14.9. The molecule has 0 spiro atoms. The minimum absolute atomic E-state index is 0.0919. The molecule has 1 aliphatic rings. The van der Waals surface area contributed by atoms with E-state index in [9.17, 15) is 18.0 Å². The van der Waals surface area contributed by atoms with Gasteiger partial charge in [-0.05, 0) is 18.9 Å². The van der Waals surface area contributed by atoms with E-state index in [-0.39, 0.29) is 17.9 Å². The minimum Gasteiger partial charge on any atom is -0.279 e. The van der Waals surface area contributed by atoms with Gasteiger partial charge in [-0.3, -0.25) is 9.55 Å². The van der Waals surface area contributed by atoms with Crippen LogP contribution in [0.2, 0.25) is 5.02 Å². The molecule has 0 saturated carbocycles. The molecule has 2 aromatic heterocycles. The van der Waals surface area contributed by atoms with E-state index in [1.807, 2.05) is 0 Å². The summed E-state index contributed by atoms with van der Waals surface area (Å²) in [6.07, 6.45) is -1.07. The highest BCUT2D eigenvalue weighted by atomic mass is 35.5. The van der Waals surface area contributed by atoms with E-state index in [2.05, 4.69) is 10.1 Å². The van der Waals surface area contributed by atoms with Crippen molar-refractivity contribution in [2.24, 2.45) is 0 Å². The number of alkyl halides is 3. The second-order valence-corrected chi connectivity index (χ2v) is 5.53. The molecule has 2 aromatic rings. The first-order chi connectivity index (χ1) is 10.4. The van der Waals surface area contributed by atoms with Crippen molar-refractivity contribution >= 4 is 11.6 Å².